The second-order valence-electron chi connectivity index (χ2n) is 8.57. The van der Waals surface area contributed by atoms with Crippen LogP contribution in [0.1, 0.15) is 74.7 Å². The maximum Gasteiger partial charge on any atom is 0.410 e. The first kappa shape index (κ1) is 22.7. The van der Waals surface area contributed by atoms with E-state index in [1.807, 2.05) is 32.9 Å². The molecule has 1 aliphatic rings. The summed E-state index contributed by atoms with van der Waals surface area (Å²) in [6.45, 7) is 8.82. The minimum atomic E-state index is -0.550. The maximum absolute atomic E-state index is 12.8. The Morgan fingerprint density at radius 1 is 1.29 bits per heavy atom. The normalized spacial score (nSPS) is 16.6. The lowest BCUT2D eigenvalue weighted by Crippen LogP contribution is -2.42. The molecule has 2 aromatic rings. The van der Waals surface area contributed by atoms with Crippen LogP contribution >= 0.6 is 0 Å². The Labute approximate surface area is 183 Å². The number of hydrogen-bond acceptors (Lipinski definition) is 6. The van der Waals surface area contributed by atoms with Crippen molar-refractivity contribution >= 4 is 17.7 Å². The number of nitrogens with zero attached hydrogens (tertiary/aromatic N) is 2. The molecule has 8 heteroatoms. The zero-order chi connectivity index (χ0) is 22.4. The monoisotopic (exact) mass is 428 g/mol. The molecule has 1 saturated heterocycles. The molecule has 0 aliphatic carbocycles. The van der Waals surface area contributed by atoms with E-state index in [4.69, 9.17) is 9.47 Å². The molecular formula is C23H32N4O4. The Hall–Kier alpha value is -3.03. The van der Waals surface area contributed by atoms with Gasteiger partial charge < -0.3 is 19.8 Å². The van der Waals surface area contributed by atoms with Crippen molar-refractivity contribution in [3.8, 4) is 0 Å². The Morgan fingerprint density at radius 3 is 2.84 bits per heavy atom. The van der Waals surface area contributed by atoms with Crippen LogP contribution in [-0.2, 0) is 16.0 Å². The molecule has 3 heterocycles. The molecule has 2 aromatic heterocycles. The molecule has 1 amide bonds. The number of likely N-dealkylation sites (tertiary alicyclic amines) is 1. The first-order valence-corrected chi connectivity index (χ1v) is 10.8. The van der Waals surface area contributed by atoms with Crippen LogP contribution in [-0.4, -0.2) is 45.7 Å². The van der Waals surface area contributed by atoms with Crippen LogP contribution in [0.3, 0.4) is 0 Å². The molecule has 1 aliphatic heterocycles. The van der Waals surface area contributed by atoms with Crippen LogP contribution in [0.2, 0.25) is 0 Å². The fourth-order valence-electron chi connectivity index (χ4n) is 3.73. The molecule has 0 bridgehead atoms. The van der Waals surface area contributed by atoms with Crippen molar-refractivity contribution in [1.82, 2.24) is 14.9 Å². The SMILES string of the molecule is CCOC(=O)c1[nH]ccc1NCc1cccnc1C1CCCCN1C(=O)OC(C)(C)C. The van der Waals surface area contributed by atoms with Gasteiger partial charge in [0, 0.05) is 25.5 Å². The highest BCUT2D eigenvalue weighted by atomic mass is 16.6. The van der Waals surface area contributed by atoms with Gasteiger partial charge in [0.2, 0.25) is 0 Å². The number of nitrogens with one attached hydrogen (secondary N) is 2. The third-order valence-electron chi connectivity index (χ3n) is 5.07. The Kier molecular flexibility index (Phi) is 7.20. The van der Waals surface area contributed by atoms with E-state index in [1.54, 1.807) is 30.3 Å². The van der Waals surface area contributed by atoms with Crippen LogP contribution in [0.25, 0.3) is 0 Å². The summed E-state index contributed by atoms with van der Waals surface area (Å²) < 4.78 is 10.7. The van der Waals surface area contributed by atoms with Crippen molar-refractivity contribution in [3.63, 3.8) is 0 Å². The van der Waals surface area contributed by atoms with E-state index >= 15 is 0 Å². The number of aromatic amines is 1. The van der Waals surface area contributed by atoms with Gasteiger partial charge in [0.05, 0.1) is 24.0 Å². The second-order valence-corrected chi connectivity index (χ2v) is 8.57. The molecule has 1 fully saturated rings. The first-order valence-electron chi connectivity index (χ1n) is 10.8. The van der Waals surface area contributed by atoms with Gasteiger partial charge in [-0.15, -0.1) is 0 Å². The summed E-state index contributed by atoms with van der Waals surface area (Å²) in [4.78, 5) is 34.3. The number of H-pyrrole nitrogens is 1. The molecule has 1 unspecified atom stereocenters. The molecule has 3 rings (SSSR count). The standard InChI is InChI=1S/C23H32N4O4/c1-5-30-21(28)20-17(11-13-25-20)26-15-16-9-8-12-24-19(16)18-10-6-7-14-27(18)22(29)31-23(2,3)4/h8-9,11-13,18,25-26H,5-7,10,14-15H2,1-4H3. The van der Waals surface area contributed by atoms with Gasteiger partial charge >= 0.3 is 12.1 Å². The maximum atomic E-state index is 12.8. The summed E-state index contributed by atoms with van der Waals surface area (Å²) in [6.07, 6.45) is 5.95. The van der Waals surface area contributed by atoms with Gasteiger partial charge in [-0.2, -0.15) is 0 Å². The lowest BCUT2D eigenvalue weighted by molar-refractivity contribution is 0.00889. The van der Waals surface area contributed by atoms with Crippen molar-refractivity contribution in [2.24, 2.45) is 0 Å². The molecule has 168 valence electrons. The van der Waals surface area contributed by atoms with Gasteiger partial charge in [0.15, 0.2) is 0 Å². The minimum absolute atomic E-state index is 0.141. The average molecular weight is 429 g/mol. The van der Waals surface area contributed by atoms with E-state index in [9.17, 15) is 9.59 Å². The lowest BCUT2D eigenvalue weighted by Gasteiger charge is -2.37. The van der Waals surface area contributed by atoms with Crippen molar-refractivity contribution in [2.75, 3.05) is 18.5 Å². The molecule has 2 N–H and O–H groups in total. The van der Waals surface area contributed by atoms with E-state index < -0.39 is 11.6 Å². The number of rotatable bonds is 6. The number of hydrogen-bond donors (Lipinski definition) is 2. The number of esters is 1. The van der Waals surface area contributed by atoms with Gasteiger partial charge in [-0.3, -0.25) is 9.88 Å². The molecule has 31 heavy (non-hydrogen) atoms. The highest BCUT2D eigenvalue weighted by Gasteiger charge is 2.33. The number of amides is 1. The Morgan fingerprint density at radius 2 is 2.10 bits per heavy atom. The van der Waals surface area contributed by atoms with Crippen molar-refractivity contribution in [2.45, 2.75) is 65.1 Å². The first-order chi connectivity index (χ1) is 14.8. The third-order valence-corrected chi connectivity index (χ3v) is 5.07. The number of carbonyl (C=O) groups excluding carboxylic acids is 2. The summed E-state index contributed by atoms with van der Waals surface area (Å²) in [5.74, 6) is -0.398. The van der Waals surface area contributed by atoms with Gasteiger partial charge in [-0.25, -0.2) is 9.59 Å². The van der Waals surface area contributed by atoms with Crippen molar-refractivity contribution < 1.29 is 19.1 Å². The summed E-state index contributed by atoms with van der Waals surface area (Å²) >= 11 is 0. The van der Waals surface area contributed by atoms with E-state index in [0.29, 0.717) is 31.1 Å². The fraction of sp³-hybridized carbons (Fsp3) is 0.522. The Balaban J connectivity index is 1.79. The number of ether oxygens (including phenoxy) is 2. The van der Waals surface area contributed by atoms with Gasteiger partial charge in [0.25, 0.3) is 0 Å². The third kappa shape index (κ3) is 5.77. The number of aromatic nitrogens is 2. The smallest absolute Gasteiger partial charge is 0.410 e. The van der Waals surface area contributed by atoms with Crippen LogP contribution in [0.15, 0.2) is 30.6 Å². The van der Waals surface area contributed by atoms with Crippen LogP contribution < -0.4 is 5.32 Å². The quantitative estimate of drug-likeness (QED) is 0.650. The predicted molar refractivity (Wildman–Crippen MR) is 118 cm³/mol. The van der Waals surface area contributed by atoms with E-state index in [1.165, 1.54) is 0 Å². The highest BCUT2D eigenvalue weighted by Crippen LogP contribution is 2.33. The molecule has 0 saturated carbocycles. The summed E-state index contributed by atoms with van der Waals surface area (Å²) in [5.41, 5.74) is 2.33. The zero-order valence-corrected chi connectivity index (χ0v) is 18.7. The average Bonchev–Trinajstić information content (AvgIpc) is 3.20. The highest BCUT2D eigenvalue weighted by molar-refractivity contribution is 5.93. The summed E-state index contributed by atoms with van der Waals surface area (Å²) in [6, 6.07) is 5.53. The van der Waals surface area contributed by atoms with Crippen LogP contribution in [0.4, 0.5) is 10.5 Å². The topological polar surface area (TPSA) is 96.5 Å². The number of piperidine rings is 1. The van der Waals surface area contributed by atoms with E-state index in [2.05, 4.69) is 15.3 Å². The molecular weight excluding hydrogens is 396 g/mol. The second kappa shape index (κ2) is 9.85. The van der Waals surface area contributed by atoms with Crippen LogP contribution in [0.5, 0.6) is 0 Å². The summed E-state index contributed by atoms with van der Waals surface area (Å²) in [7, 11) is 0. The van der Waals surface area contributed by atoms with Crippen molar-refractivity contribution in [3.05, 3.63) is 47.5 Å². The zero-order valence-electron chi connectivity index (χ0n) is 18.7. The molecule has 0 radical (unpaired) electrons. The molecule has 1 atom stereocenters. The largest absolute Gasteiger partial charge is 0.461 e. The lowest BCUT2D eigenvalue weighted by atomic mass is 9.96. The van der Waals surface area contributed by atoms with Gasteiger partial charge in [0.1, 0.15) is 11.3 Å². The number of pyridine rings is 1. The minimum Gasteiger partial charge on any atom is -0.461 e. The van der Waals surface area contributed by atoms with E-state index in [-0.39, 0.29) is 12.1 Å². The molecule has 0 spiro atoms. The van der Waals surface area contributed by atoms with Gasteiger partial charge in [-0.1, -0.05) is 6.07 Å². The predicted octanol–water partition coefficient (Wildman–Crippen LogP) is 4.66. The molecule has 8 nitrogen and oxygen atoms in total. The number of anilines is 1. The van der Waals surface area contributed by atoms with Crippen molar-refractivity contribution in [1.29, 1.82) is 0 Å². The van der Waals surface area contributed by atoms with Gasteiger partial charge in [-0.05, 0) is 64.7 Å². The van der Waals surface area contributed by atoms with Crippen LogP contribution in [0, 0.1) is 0 Å². The number of carbonyl (C=O) groups is 2. The molecule has 0 aromatic carbocycles. The van der Waals surface area contributed by atoms with E-state index in [0.717, 1.165) is 30.5 Å². The Bertz CT molecular complexity index is 903. The summed E-state index contributed by atoms with van der Waals surface area (Å²) in [5, 5.41) is 3.30. The fourth-order valence-corrected chi connectivity index (χ4v) is 3.73.